The van der Waals surface area contributed by atoms with E-state index in [2.05, 4.69) is 41.7 Å². The van der Waals surface area contributed by atoms with E-state index in [0.717, 1.165) is 12.8 Å². The van der Waals surface area contributed by atoms with Gasteiger partial charge in [0.05, 0.1) is 12.1 Å². The Kier molecular flexibility index (Phi) is 11.2. The summed E-state index contributed by atoms with van der Waals surface area (Å²) < 4.78 is 0. The number of carbonyl (C=O) groups excluding carboxylic acids is 7. The Morgan fingerprint density at radius 3 is 2.00 bits per heavy atom. The van der Waals surface area contributed by atoms with Gasteiger partial charge < -0.3 is 26.2 Å². The fourth-order valence-corrected chi connectivity index (χ4v) is 7.68. The Morgan fingerprint density at radius 2 is 1.49 bits per heavy atom. The second kappa shape index (κ2) is 14.3. The molecule has 0 radical (unpaired) electrons. The van der Waals surface area contributed by atoms with Gasteiger partial charge in [-0.25, -0.2) is 4.79 Å². The van der Waals surface area contributed by atoms with Crippen molar-refractivity contribution in [2.45, 2.75) is 126 Å². The number of ketones is 1. The van der Waals surface area contributed by atoms with Gasteiger partial charge in [-0.15, -0.1) is 6.58 Å². The van der Waals surface area contributed by atoms with E-state index in [4.69, 9.17) is 0 Å². The molecule has 0 aromatic heterocycles. The molecule has 0 aromatic rings. The van der Waals surface area contributed by atoms with Gasteiger partial charge in [0.25, 0.3) is 5.91 Å². The third-order valence-corrected chi connectivity index (χ3v) is 11.3. The molecule has 0 spiro atoms. The lowest BCUT2D eigenvalue weighted by Gasteiger charge is -2.40. The van der Waals surface area contributed by atoms with Crippen molar-refractivity contribution in [3.63, 3.8) is 0 Å². The highest BCUT2D eigenvalue weighted by Gasteiger charge is 2.70. The average Bonchev–Trinajstić information content (AvgIpc) is 3.84. The van der Waals surface area contributed by atoms with Gasteiger partial charge in [-0.05, 0) is 45.8 Å². The largest absolute Gasteiger partial charge is 0.346 e. The zero-order valence-corrected chi connectivity index (χ0v) is 32.2. The predicted molar refractivity (Wildman–Crippen MR) is 192 cm³/mol. The average molecular weight is 713 g/mol. The number of Topliss-reactive ketones (excluding diaryl/α,β-unsaturated/α-hetero) is 1. The van der Waals surface area contributed by atoms with Crippen LogP contribution in [-0.4, -0.2) is 95.0 Å². The number of urea groups is 1. The molecule has 2 heterocycles. The zero-order chi connectivity index (χ0) is 38.4. The minimum Gasteiger partial charge on any atom is -0.346 e. The lowest BCUT2D eigenvalue weighted by Crippen LogP contribution is -2.63. The summed E-state index contributed by atoms with van der Waals surface area (Å²) in [6.07, 6.45) is 4.10. The van der Waals surface area contributed by atoms with Crippen LogP contribution in [-0.2, 0) is 28.8 Å². The van der Waals surface area contributed by atoms with Crippen LogP contribution in [0, 0.1) is 39.4 Å². The topological polar surface area (TPSA) is 174 Å². The smallest absolute Gasteiger partial charge is 0.315 e. The Labute approximate surface area is 302 Å². The summed E-state index contributed by atoms with van der Waals surface area (Å²) in [5.74, 6) is -2.86. The van der Waals surface area contributed by atoms with E-state index in [-0.39, 0.29) is 60.9 Å². The van der Waals surface area contributed by atoms with Crippen LogP contribution in [0.2, 0.25) is 0 Å². The van der Waals surface area contributed by atoms with E-state index in [1.54, 1.807) is 0 Å². The molecule has 0 aromatic carbocycles. The second-order valence-electron chi connectivity index (χ2n) is 18.7. The Bertz CT molecular complexity index is 1430. The van der Waals surface area contributed by atoms with Crippen LogP contribution in [0.4, 0.5) is 4.79 Å². The summed E-state index contributed by atoms with van der Waals surface area (Å²) in [4.78, 5) is 96.7. The molecule has 6 atom stereocenters. The first kappa shape index (κ1) is 40.0. The second-order valence-corrected chi connectivity index (χ2v) is 18.7. The van der Waals surface area contributed by atoms with Crippen LogP contribution < -0.4 is 21.3 Å². The van der Waals surface area contributed by atoms with E-state index in [1.807, 2.05) is 55.4 Å². The lowest BCUT2D eigenvalue weighted by molar-refractivity contribution is -0.153. The van der Waals surface area contributed by atoms with Gasteiger partial charge >= 0.3 is 6.03 Å². The first-order valence-corrected chi connectivity index (χ1v) is 18.3. The molecule has 2 saturated heterocycles. The van der Waals surface area contributed by atoms with Crippen LogP contribution in [0.25, 0.3) is 0 Å². The monoisotopic (exact) mass is 712 g/mol. The van der Waals surface area contributed by atoms with Crippen molar-refractivity contribution in [3.8, 4) is 0 Å². The molecule has 4 fully saturated rings. The number of imide groups is 1. The van der Waals surface area contributed by atoms with Crippen molar-refractivity contribution in [1.29, 1.82) is 0 Å². The molecule has 0 bridgehead atoms. The Hall–Kier alpha value is -3.77. The molecule has 7 amide bonds. The molecule has 13 nitrogen and oxygen atoms in total. The van der Waals surface area contributed by atoms with E-state index in [1.165, 1.54) is 15.9 Å². The van der Waals surface area contributed by atoms with Gasteiger partial charge in [-0.1, -0.05) is 88.2 Å². The van der Waals surface area contributed by atoms with Crippen molar-refractivity contribution in [1.82, 2.24) is 31.1 Å². The lowest BCUT2D eigenvalue weighted by atomic mass is 9.80. The molecule has 4 rings (SSSR count). The molecule has 51 heavy (non-hydrogen) atoms. The highest BCUT2D eigenvalue weighted by molar-refractivity contribution is 6.38. The number of piperidine rings is 2. The molecular formula is C38H60N6O7. The van der Waals surface area contributed by atoms with Gasteiger partial charge in [-0.2, -0.15) is 0 Å². The fourth-order valence-electron chi connectivity index (χ4n) is 7.68. The normalized spacial score (nSPS) is 25.6. The number of rotatable bonds is 13. The summed E-state index contributed by atoms with van der Waals surface area (Å²) in [5, 5.41) is 11.2. The van der Waals surface area contributed by atoms with E-state index in [0.29, 0.717) is 13.0 Å². The molecule has 13 heteroatoms. The van der Waals surface area contributed by atoms with Crippen LogP contribution in [0.3, 0.4) is 0 Å². The maximum Gasteiger partial charge on any atom is 0.315 e. The predicted octanol–water partition coefficient (Wildman–Crippen LogP) is 2.93. The van der Waals surface area contributed by atoms with Gasteiger partial charge in [0.2, 0.25) is 29.4 Å². The Morgan fingerprint density at radius 1 is 0.902 bits per heavy atom. The molecule has 0 unspecified atom stereocenters. The third kappa shape index (κ3) is 9.18. The van der Waals surface area contributed by atoms with E-state index >= 15 is 0 Å². The molecule has 2 saturated carbocycles. The van der Waals surface area contributed by atoms with Crippen molar-refractivity contribution in [2.24, 2.45) is 39.4 Å². The van der Waals surface area contributed by atoms with Crippen molar-refractivity contribution in [3.05, 3.63) is 12.7 Å². The van der Waals surface area contributed by atoms with Crippen LogP contribution in [0.1, 0.15) is 101 Å². The number of hydrogen-bond acceptors (Lipinski definition) is 7. The molecule has 2 aliphatic heterocycles. The van der Waals surface area contributed by atoms with Gasteiger partial charge in [0.1, 0.15) is 12.1 Å². The maximum atomic E-state index is 14.5. The SMILES string of the molecule is C=CCNC(=O)C(=O)[C@H](CC1CC1)NC(=O)[C@@H]1[C@H]2[C@@H](CN1C(=O)[C@@H](NC(=O)N[C@H](CN1C(=O)CC(C)(C)CC1=O)C(C)(C)C)C(C)(C)C)C2(C)C. The van der Waals surface area contributed by atoms with E-state index < -0.39 is 69.9 Å². The number of nitrogens with one attached hydrogen (secondary N) is 4. The van der Waals surface area contributed by atoms with Gasteiger partial charge in [0.15, 0.2) is 0 Å². The van der Waals surface area contributed by atoms with Crippen molar-refractivity contribution < 1.29 is 33.6 Å². The van der Waals surface area contributed by atoms with E-state index in [9.17, 15) is 33.6 Å². The summed E-state index contributed by atoms with van der Waals surface area (Å²) in [5.41, 5.74) is -1.96. The zero-order valence-electron chi connectivity index (χ0n) is 32.2. The maximum absolute atomic E-state index is 14.5. The van der Waals surface area contributed by atoms with Crippen molar-refractivity contribution in [2.75, 3.05) is 19.6 Å². The fraction of sp³-hybridized carbons (Fsp3) is 0.763. The van der Waals surface area contributed by atoms with Gasteiger partial charge in [0, 0.05) is 32.5 Å². The van der Waals surface area contributed by atoms with Crippen molar-refractivity contribution >= 4 is 41.4 Å². The summed E-state index contributed by atoms with van der Waals surface area (Å²) in [6, 6.07) is -4.20. The number of likely N-dealkylation sites (tertiary alicyclic amines) is 2. The Balaban J connectivity index is 1.52. The summed E-state index contributed by atoms with van der Waals surface area (Å²) >= 11 is 0. The molecule has 4 aliphatic rings. The van der Waals surface area contributed by atoms with Crippen LogP contribution in [0.15, 0.2) is 12.7 Å². The molecule has 2 aliphatic carbocycles. The van der Waals surface area contributed by atoms with Gasteiger partial charge in [-0.3, -0.25) is 33.7 Å². The first-order chi connectivity index (χ1) is 23.4. The minimum atomic E-state index is -1.04. The molecular weight excluding hydrogens is 652 g/mol. The van der Waals surface area contributed by atoms with Crippen LogP contribution in [0.5, 0.6) is 0 Å². The summed E-state index contributed by atoms with van der Waals surface area (Å²) in [7, 11) is 0. The number of hydrogen-bond donors (Lipinski definition) is 4. The molecule has 284 valence electrons. The first-order valence-electron chi connectivity index (χ1n) is 18.3. The quantitative estimate of drug-likeness (QED) is 0.129. The minimum absolute atomic E-state index is 0.00202. The van der Waals surface area contributed by atoms with Crippen LogP contribution >= 0.6 is 0 Å². The number of fused-ring (bicyclic) bond motifs is 1. The number of nitrogens with zero attached hydrogens (tertiary/aromatic N) is 2. The highest BCUT2D eigenvalue weighted by atomic mass is 16.2. The molecule has 4 N–H and O–H groups in total. The highest BCUT2D eigenvalue weighted by Crippen LogP contribution is 2.65. The standard InChI is InChI=1S/C38H60N6O7/c1-12-15-39-32(49)29(47)23(16-21-13-14-21)40-31(48)28-27-22(38(27,10)11)19-44(28)33(50)30(36(5,6)7)42-34(51)41-24(35(2,3)4)20-43-25(45)17-37(8,9)18-26(43)46/h12,21-24,27-28,30H,1,13-20H2,2-11H3,(H,39,49)(H,40,48)(H2,41,42,51)/t22-,23+,24-,27-,28+,30-/m1/s1. The summed E-state index contributed by atoms with van der Waals surface area (Å²) in [6.45, 7) is 23.0. The number of carbonyl (C=O) groups is 7. The number of amides is 7. The third-order valence-electron chi connectivity index (χ3n) is 11.3.